The number of benzene rings is 1. The normalized spacial score (nSPS) is 29.9. The fourth-order valence-electron chi connectivity index (χ4n) is 4.60. The second-order valence-corrected chi connectivity index (χ2v) is 7.89. The maximum absolute atomic E-state index is 13.3. The third-order valence-electron chi connectivity index (χ3n) is 5.66. The second-order valence-electron chi connectivity index (χ2n) is 7.10. The van der Waals surface area contributed by atoms with Crippen LogP contribution >= 0.6 is 15.9 Å². The van der Waals surface area contributed by atoms with Gasteiger partial charge in [0.25, 0.3) is 5.54 Å². The molecule has 1 aromatic carbocycles. The number of piperidine rings is 1. The summed E-state index contributed by atoms with van der Waals surface area (Å²) in [6.45, 7) is 1.20. The van der Waals surface area contributed by atoms with E-state index in [1.807, 2.05) is 0 Å². The summed E-state index contributed by atoms with van der Waals surface area (Å²) >= 11 is 3.26. The highest BCUT2D eigenvalue weighted by molar-refractivity contribution is 9.09. The van der Waals surface area contributed by atoms with E-state index in [9.17, 15) is 29.8 Å². The number of halogens is 1. The van der Waals surface area contributed by atoms with Gasteiger partial charge < -0.3 is 4.79 Å². The van der Waals surface area contributed by atoms with Gasteiger partial charge in [-0.25, -0.2) is 0 Å². The molecule has 3 atom stereocenters. The van der Waals surface area contributed by atoms with Gasteiger partial charge >= 0.3 is 5.54 Å². The zero-order chi connectivity index (χ0) is 20.0. The average Bonchev–Trinajstić information content (AvgIpc) is 2.60. The van der Waals surface area contributed by atoms with E-state index in [4.69, 9.17) is 0 Å². The third kappa shape index (κ3) is 2.61. The van der Waals surface area contributed by atoms with Gasteiger partial charge in [0, 0.05) is 39.3 Å². The van der Waals surface area contributed by atoms with Gasteiger partial charge in [-0.1, -0.05) is 40.2 Å². The predicted octanol–water partition coefficient (Wildman–Crippen LogP) is 1.68. The minimum Gasteiger partial charge on any atom is -0.300 e. The number of carbonyl (C=O) groups is 2. The molecule has 0 saturated carbocycles. The maximum Gasteiger partial charge on any atom is 0.306 e. The van der Waals surface area contributed by atoms with Crippen LogP contribution in [-0.4, -0.2) is 56.8 Å². The Kier molecular flexibility index (Phi) is 4.89. The van der Waals surface area contributed by atoms with Crippen molar-refractivity contribution in [2.24, 2.45) is 5.92 Å². The molecule has 9 nitrogen and oxygen atoms in total. The first kappa shape index (κ1) is 19.6. The van der Waals surface area contributed by atoms with Gasteiger partial charge in [0.2, 0.25) is 5.78 Å². The summed E-state index contributed by atoms with van der Waals surface area (Å²) in [6.07, 6.45) is -0.399. The summed E-state index contributed by atoms with van der Waals surface area (Å²) in [6, 6.07) is 5.99. The molecule has 1 heterocycles. The summed E-state index contributed by atoms with van der Waals surface area (Å²) in [4.78, 5) is 50.1. The number of ketones is 2. The SMILES string of the molecule is CC(=O)C[C@H]1[C@@]2([N+](=O)[O-])CN(CCBr)C[C@@]1([N+](=O)[O-])c1ccccc1C2=O. The van der Waals surface area contributed by atoms with Gasteiger partial charge in [0.05, 0.1) is 13.1 Å². The zero-order valence-electron chi connectivity index (χ0n) is 14.6. The number of hydrogen-bond acceptors (Lipinski definition) is 7. The van der Waals surface area contributed by atoms with Crippen molar-refractivity contribution in [3.05, 3.63) is 55.6 Å². The Balaban J connectivity index is 2.39. The van der Waals surface area contributed by atoms with E-state index in [0.29, 0.717) is 11.9 Å². The third-order valence-corrected chi connectivity index (χ3v) is 6.01. The number of nitrogens with zero attached hydrogens (tertiary/aromatic N) is 3. The van der Waals surface area contributed by atoms with E-state index in [1.165, 1.54) is 25.1 Å². The lowest BCUT2D eigenvalue weighted by Gasteiger charge is -2.50. The van der Waals surface area contributed by atoms with Crippen LogP contribution in [0.5, 0.6) is 0 Å². The first-order valence-corrected chi connectivity index (χ1v) is 9.55. The molecule has 10 heteroatoms. The molecule has 1 fully saturated rings. The molecule has 0 spiro atoms. The van der Waals surface area contributed by atoms with Crippen molar-refractivity contribution < 1.29 is 19.4 Å². The maximum atomic E-state index is 13.3. The molecule has 3 rings (SSSR count). The Morgan fingerprint density at radius 3 is 2.37 bits per heavy atom. The standard InChI is InChI=1S/C17H18BrN3O6/c1-11(22)8-14-16(20(24)25)9-19(7-6-18)10-17(14,21(26)27)15(23)12-4-2-3-5-13(12)16/h2-5,14H,6-10H2,1H3/t14-,16-,17+/m1/s1. The zero-order valence-corrected chi connectivity index (χ0v) is 16.2. The van der Waals surface area contributed by atoms with Crippen LogP contribution in [0.2, 0.25) is 0 Å². The first-order chi connectivity index (χ1) is 12.7. The number of nitro groups is 2. The molecule has 0 amide bonds. The van der Waals surface area contributed by atoms with Crippen molar-refractivity contribution in [2.75, 3.05) is 25.0 Å². The summed E-state index contributed by atoms with van der Waals surface area (Å²) in [7, 11) is 0. The quantitative estimate of drug-likeness (QED) is 0.375. The molecule has 0 N–H and O–H groups in total. The molecule has 27 heavy (non-hydrogen) atoms. The Labute approximate surface area is 163 Å². The number of likely N-dealkylation sites (tertiary alicyclic amines) is 1. The van der Waals surface area contributed by atoms with Crippen LogP contribution in [-0.2, 0) is 10.3 Å². The van der Waals surface area contributed by atoms with Crippen LogP contribution in [0.3, 0.4) is 0 Å². The van der Waals surface area contributed by atoms with Crippen LogP contribution in [0.25, 0.3) is 0 Å². The highest BCUT2D eigenvalue weighted by Crippen LogP contribution is 2.53. The lowest BCUT2D eigenvalue weighted by atomic mass is 9.56. The lowest BCUT2D eigenvalue weighted by molar-refractivity contribution is -0.640. The van der Waals surface area contributed by atoms with E-state index >= 15 is 0 Å². The number of rotatable bonds is 6. The molecule has 2 bridgehead atoms. The van der Waals surface area contributed by atoms with Crippen molar-refractivity contribution in [3.63, 3.8) is 0 Å². The van der Waals surface area contributed by atoms with Crippen molar-refractivity contribution in [2.45, 2.75) is 24.4 Å². The Bertz CT molecular complexity index is 846. The van der Waals surface area contributed by atoms with E-state index in [2.05, 4.69) is 15.9 Å². The van der Waals surface area contributed by atoms with Gasteiger partial charge in [-0.05, 0) is 6.92 Å². The minimum atomic E-state index is -2.23. The minimum absolute atomic E-state index is 0.00388. The molecule has 0 radical (unpaired) electrons. The molecular formula is C17H18BrN3O6. The monoisotopic (exact) mass is 439 g/mol. The Morgan fingerprint density at radius 1 is 1.22 bits per heavy atom. The number of Topliss-reactive ketones (excluding diaryl/α,β-unsaturated/α-hetero) is 2. The number of alkyl halides is 1. The smallest absolute Gasteiger partial charge is 0.300 e. The van der Waals surface area contributed by atoms with Crippen LogP contribution in [0.1, 0.15) is 29.3 Å². The van der Waals surface area contributed by atoms with Crippen molar-refractivity contribution in [3.8, 4) is 0 Å². The highest BCUT2D eigenvalue weighted by Gasteiger charge is 2.77. The van der Waals surface area contributed by atoms with Crippen LogP contribution in [0, 0.1) is 26.1 Å². The highest BCUT2D eigenvalue weighted by atomic mass is 79.9. The molecule has 0 aromatic heterocycles. The Morgan fingerprint density at radius 2 is 1.81 bits per heavy atom. The number of fused-ring (bicyclic) bond motifs is 4. The van der Waals surface area contributed by atoms with Gasteiger partial charge in [-0.15, -0.1) is 0 Å². The number of carbonyl (C=O) groups excluding carboxylic acids is 2. The summed E-state index contributed by atoms with van der Waals surface area (Å²) < 4.78 is 0. The van der Waals surface area contributed by atoms with Crippen molar-refractivity contribution in [1.82, 2.24) is 4.90 Å². The van der Waals surface area contributed by atoms with Gasteiger partial charge in [-0.3, -0.25) is 29.9 Å². The molecule has 1 aromatic rings. The molecular weight excluding hydrogens is 422 g/mol. The first-order valence-electron chi connectivity index (χ1n) is 8.43. The summed E-state index contributed by atoms with van der Waals surface area (Å²) in [5.74, 6) is -2.52. The van der Waals surface area contributed by atoms with E-state index in [1.54, 1.807) is 11.0 Å². The van der Waals surface area contributed by atoms with Crippen molar-refractivity contribution in [1.29, 1.82) is 0 Å². The fraction of sp³-hybridized carbons (Fsp3) is 0.529. The van der Waals surface area contributed by atoms with Crippen LogP contribution in [0.4, 0.5) is 0 Å². The molecule has 0 unspecified atom stereocenters. The lowest BCUT2D eigenvalue weighted by Crippen LogP contribution is -2.75. The largest absolute Gasteiger partial charge is 0.306 e. The molecule has 1 aliphatic heterocycles. The topological polar surface area (TPSA) is 124 Å². The van der Waals surface area contributed by atoms with E-state index < -0.39 is 44.8 Å². The van der Waals surface area contributed by atoms with Crippen molar-refractivity contribution >= 4 is 27.5 Å². The van der Waals surface area contributed by atoms with Gasteiger partial charge in [0.15, 0.2) is 0 Å². The number of hydrogen-bond donors (Lipinski definition) is 0. The Hall–Kier alpha value is -2.20. The average molecular weight is 440 g/mol. The van der Waals surface area contributed by atoms with Crippen LogP contribution < -0.4 is 0 Å². The fourth-order valence-corrected chi connectivity index (χ4v) is 5.10. The molecule has 144 valence electrons. The molecule has 1 saturated heterocycles. The van der Waals surface area contributed by atoms with E-state index in [0.717, 1.165) is 0 Å². The predicted molar refractivity (Wildman–Crippen MR) is 98.2 cm³/mol. The van der Waals surface area contributed by atoms with E-state index in [-0.39, 0.29) is 24.2 Å². The second kappa shape index (κ2) is 6.75. The summed E-state index contributed by atoms with van der Waals surface area (Å²) in [5, 5.41) is 25.1. The van der Waals surface area contributed by atoms with Gasteiger partial charge in [0.1, 0.15) is 11.7 Å². The van der Waals surface area contributed by atoms with Crippen LogP contribution in [0.15, 0.2) is 24.3 Å². The molecule has 1 aliphatic carbocycles. The van der Waals surface area contributed by atoms with Gasteiger partial charge in [-0.2, -0.15) is 0 Å². The summed E-state index contributed by atoms with van der Waals surface area (Å²) in [5.41, 5.74) is -3.97. The molecule has 2 aliphatic rings.